The lowest BCUT2D eigenvalue weighted by molar-refractivity contribution is -0.384. The van der Waals surface area contributed by atoms with E-state index < -0.39 is 14.8 Å². The molecule has 0 bridgehead atoms. The minimum absolute atomic E-state index is 0.0291. The number of rotatable bonds is 6. The molecule has 1 aromatic carbocycles. The van der Waals surface area contributed by atoms with E-state index in [1.54, 1.807) is 6.92 Å². The predicted octanol–water partition coefficient (Wildman–Crippen LogP) is 1.37. The topological polar surface area (TPSA) is 89.3 Å². The van der Waals surface area contributed by atoms with E-state index in [4.69, 9.17) is 0 Å². The average Bonchev–Trinajstić information content (AvgIpc) is 2.28. The zero-order chi connectivity index (χ0) is 13.8. The molecular weight excluding hydrogens is 256 g/mol. The minimum atomic E-state index is -3.41. The number of benzene rings is 1. The van der Waals surface area contributed by atoms with Crippen molar-refractivity contribution in [3.05, 3.63) is 34.4 Å². The molecule has 0 aliphatic carbocycles. The van der Waals surface area contributed by atoms with Crippen LogP contribution in [0.15, 0.2) is 29.2 Å². The van der Waals surface area contributed by atoms with Gasteiger partial charge < -0.3 is 5.32 Å². The number of non-ortho nitro benzene ring substituents is 1. The highest BCUT2D eigenvalue weighted by Crippen LogP contribution is 2.17. The van der Waals surface area contributed by atoms with Crippen molar-refractivity contribution in [1.29, 1.82) is 0 Å². The highest BCUT2D eigenvalue weighted by molar-refractivity contribution is 7.91. The van der Waals surface area contributed by atoms with E-state index in [9.17, 15) is 18.5 Å². The lowest BCUT2D eigenvalue weighted by Gasteiger charge is -2.12. The first-order valence-electron chi connectivity index (χ1n) is 5.57. The quantitative estimate of drug-likeness (QED) is 0.624. The van der Waals surface area contributed by atoms with E-state index >= 15 is 0 Å². The molecule has 1 aromatic rings. The van der Waals surface area contributed by atoms with Crippen LogP contribution in [-0.2, 0) is 9.84 Å². The van der Waals surface area contributed by atoms with Gasteiger partial charge in [-0.3, -0.25) is 10.1 Å². The minimum Gasteiger partial charge on any atom is -0.314 e. The molecule has 0 aliphatic rings. The summed E-state index contributed by atoms with van der Waals surface area (Å²) >= 11 is 0. The van der Waals surface area contributed by atoms with Crippen LogP contribution in [-0.4, -0.2) is 31.7 Å². The second kappa shape index (κ2) is 5.92. The fourth-order valence-electron chi connectivity index (χ4n) is 1.61. The molecule has 1 rings (SSSR count). The Morgan fingerprint density at radius 1 is 1.33 bits per heavy atom. The Balaban J connectivity index is 2.88. The first-order valence-corrected chi connectivity index (χ1v) is 7.22. The molecule has 0 aliphatic heterocycles. The van der Waals surface area contributed by atoms with Crippen molar-refractivity contribution in [1.82, 2.24) is 5.32 Å². The van der Waals surface area contributed by atoms with Gasteiger partial charge in [0.1, 0.15) is 0 Å². The molecule has 0 heterocycles. The highest BCUT2D eigenvalue weighted by atomic mass is 32.2. The largest absolute Gasteiger partial charge is 0.314 e. The number of hydrogen-bond donors (Lipinski definition) is 1. The molecule has 0 saturated heterocycles. The summed E-state index contributed by atoms with van der Waals surface area (Å²) in [4.78, 5) is 10.0. The molecule has 0 aromatic heterocycles. The second-order valence-corrected chi connectivity index (χ2v) is 6.03. The molecule has 0 spiro atoms. The van der Waals surface area contributed by atoms with Gasteiger partial charge in [-0.2, -0.15) is 0 Å². The van der Waals surface area contributed by atoms with Gasteiger partial charge in [-0.1, -0.05) is 6.92 Å². The molecule has 18 heavy (non-hydrogen) atoms. The summed E-state index contributed by atoms with van der Waals surface area (Å²) < 4.78 is 24.0. The van der Waals surface area contributed by atoms with Crippen LogP contribution in [0.2, 0.25) is 0 Å². The monoisotopic (exact) mass is 272 g/mol. The van der Waals surface area contributed by atoms with Crippen LogP contribution < -0.4 is 5.32 Å². The summed E-state index contributed by atoms with van der Waals surface area (Å²) in [5.41, 5.74) is -0.117. The molecular formula is C11H16N2O4S. The number of nitrogens with one attached hydrogen (secondary N) is 1. The maximum Gasteiger partial charge on any atom is 0.269 e. The van der Waals surface area contributed by atoms with Gasteiger partial charge in [0.25, 0.3) is 5.69 Å². The van der Waals surface area contributed by atoms with Gasteiger partial charge in [0, 0.05) is 18.2 Å². The summed E-state index contributed by atoms with van der Waals surface area (Å²) in [6.07, 6.45) is 0. The number of nitro benzene ring substituents is 1. The van der Waals surface area contributed by atoms with Crippen LogP contribution >= 0.6 is 0 Å². The number of nitrogens with zero attached hydrogens (tertiary/aromatic N) is 1. The van der Waals surface area contributed by atoms with Gasteiger partial charge in [-0.05, 0) is 25.6 Å². The zero-order valence-corrected chi connectivity index (χ0v) is 11.1. The van der Waals surface area contributed by atoms with Crippen molar-refractivity contribution >= 4 is 15.5 Å². The second-order valence-electron chi connectivity index (χ2n) is 3.99. The third-order valence-electron chi connectivity index (χ3n) is 2.43. The lowest BCUT2D eigenvalue weighted by atomic mass is 10.3. The van der Waals surface area contributed by atoms with Gasteiger partial charge in [-0.25, -0.2) is 8.42 Å². The normalized spacial score (nSPS) is 13.2. The van der Waals surface area contributed by atoms with Crippen molar-refractivity contribution in [3.8, 4) is 0 Å². The van der Waals surface area contributed by atoms with E-state index in [1.807, 2.05) is 6.92 Å². The molecule has 0 radical (unpaired) electrons. The molecule has 6 nitrogen and oxygen atoms in total. The van der Waals surface area contributed by atoms with Crippen LogP contribution in [0.5, 0.6) is 0 Å². The maximum atomic E-state index is 12.0. The predicted molar refractivity (Wildman–Crippen MR) is 68.3 cm³/mol. The van der Waals surface area contributed by atoms with Crippen LogP contribution in [0.25, 0.3) is 0 Å². The van der Waals surface area contributed by atoms with Gasteiger partial charge in [0.05, 0.1) is 15.6 Å². The number of sulfone groups is 1. The van der Waals surface area contributed by atoms with Crippen molar-refractivity contribution in [3.63, 3.8) is 0 Å². The smallest absolute Gasteiger partial charge is 0.269 e. The number of nitro groups is 1. The summed E-state index contributed by atoms with van der Waals surface area (Å²) in [6.45, 7) is 4.37. The Labute approximate surface area is 106 Å². The Morgan fingerprint density at radius 3 is 2.33 bits per heavy atom. The van der Waals surface area contributed by atoms with Gasteiger partial charge in [0.2, 0.25) is 0 Å². The van der Waals surface area contributed by atoms with Gasteiger partial charge in [-0.15, -0.1) is 0 Å². The first kappa shape index (κ1) is 14.6. The van der Waals surface area contributed by atoms with E-state index in [2.05, 4.69) is 5.32 Å². The lowest BCUT2D eigenvalue weighted by Crippen LogP contribution is -2.32. The maximum absolute atomic E-state index is 12.0. The number of hydrogen-bond acceptors (Lipinski definition) is 5. The Hall–Kier alpha value is -1.47. The van der Waals surface area contributed by atoms with Crippen LogP contribution in [0.3, 0.4) is 0 Å². The molecule has 100 valence electrons. The Morgan fingerprint density at radius 2 is 1.89 bits per heavy atom. The SMILES string of the molecule is CCNC(C)CS(=O)(=O)c1ccc([N+](=O)[O-])cc1. The van der Waals surface area contributed by atoms with E-state index in [0.29, 0.717) is 6.54 Å². The van der Waals surface area contributed by atoms with Crippen molar-refractivity contribution in [2.24, 2.45) is 0 Å². The standard InChI is InChI=1S/C11H16N2O4S/c1-3-12-9(2)8-18(16,17)11-6-4-10(5-7-11)13(14)15/h4-7,9,12H,3,8H2,1-2H3. The van der Waals surface area contributed by atoms with Crippen LogP contribution in [0, 0.1) is 10.1 Å². The van der Waals surface area contributed by atoms with E-state index in [0.717, 1.165) is 0 Å². The highest BCUT2D eigenvalue weighted by Gasteiger charge is 2.18. The summed E-state index contributed by atoms with van der Waals surface area (Å²) in [5, 5.41) is 13.5. The Kier molecular flexibility index (Phi) is 4.80. The Bertz CT molecular complexity index is 510. The van der Waals surface area contributed by atoms with Gasteiger partial charge >= 0.3 is 0 Å². The van der Waals surface area contributed by atoms with Crippen molar-refractivity contribution in [2.75, 3.05) is 12.3 Å². The third kappa shape index (κ3) is 3.78. The molecule has 0 amide bonds. The zero-order valence-electron chi connectivity index (χ0n) is 10.3. The molecule has 7 heteroatoms. The fraction of sp³-hybridized carbons (Fsp3) is 0.455. The molecule has 1 N–H and O–H groups in total. The summed E-state index contributed by atoms with van der Waals surface area (Å²) in [7, 11) is -3.41. The first-order chi connectivity index (χ1) is 8.36. The van der Waals surface area contributed by atoms with Crippen molar-refractivity contribution < 1.29 is 13.3 Å². The molecule has 1 atom stereocenters. The molecule has 0 saturated carbocycles. The van der Waals surface area contributed by atoms with E-state index in [1.165, 1.54) is 24.3 Å². The summed E-state index contributed by atoms with van der Waals surface area (Å²) in [5.74, 6) is -0.0291. The average molecular weight is 272 g/mol. The van der Waals surface area contributed by atoms with E-state index in [-0.39, 0.29) is 22.4 Å². The molecule has 0 fully saturated rings. The summed E-state index contributed by atoms with van der Waals surface area (Å²) in [6, 6.07) is 4.78. The van der Waals surface area contributed by atoms with Gasteiger partial charge in [0.15, 0.2) is 9.84 Å². The van der Waals surface area contributed by atoms with Crippen LogP contribution in [0.4, 0.5) is 5.69 Å². The molecule has 1 unspecified atom stereocenters. The fourth-order valence-corrected chi connectivity index (χ4v) is 3.13. The third-order valence-corrected chi connectivity index (χ3v) is 4.36. The van der Waals surface area contributed by atoms with Crippen molar-refractivity contribution in [2.45, 2.75) is 24.8 Å². The van der Waals surface area contributed by atoms with Crippen LogP contribution in [0.1, 0.15) is 13.8 Å².